The van der Waals surface area contributed by atoms with E-state index in [1.54, 1.807) is 0 Å². The lowest BCUT2D eigenvalue weighted by molar-refractivity contribution is -0.113. The maximum atomic E-state index is 12.7. The van der Waals surface area contributed by atoms with E-state index in [9.17, 15) is 10.1 Å². The van der Waals surface area contributed by atoms with Crippen LogP contribution in [0.5, 0.6) is 0 Å². The molecule has 0 N–H and O–H groups in total. The zero-order valence-corrected chi connectivity index (χ0v) is 12.7. The maximum Gasteiger partial charge on any atom is 0.257 e. The highest BCUT2D eigenvalue weighted by atomic mass is 16.7. The van der Waals surface area contributed by atoms with Crippen molar-refractivity contribution in [3.8, 4) is 6.07 Å². The SMILES string of the molecule is COC(CN1C(=O)c2c(cccc2N(C)C)C1C#N)OC. The van der Waals surface area contributed by atoms with E-state index < -0.39 is 12.3 Å². The van der Waals surface area contributed by atoms with Crippen molar-refractivity contribution >= 4 is 11.6 Å². The summed E-state index contributed by atoms with van der Waals surface area (Å²) in [6.45, 7) is 0.214. The number of fused-ring (bicyclic) bond motifs is 1. The van der Waals surface area contributed by atoms with Crippen LogP contribution in [0.3, 0.4) is 0 Å². The first-order valence-electron chi connectivity index (χ1n) is 6.61. The molecular formula is C15H19N3O3. The van der Waals surface area contributed by atoms with Gasteiger partial charge in [0, 0.05) is 39.6 Å². The second-order valence-electron chi connectivity index (χ2n) is 5.03. The van der Waals surface area contributed by atoms with E-state index in [4.69, 9.17) is 9.47 Å². The number of nitriles is 1. The van der Waals surface area contributed by atoms with E-state index in [2.05, 4.69) is 6.07 Å². The maximum absolute atomic E-state index is 12.7. The summed E-state index contributed by atoms with van der Waals surface area (Å²) in [5.41, 5.74) is 2.13. The van der Waals surface area contributed by atoms with Crippen molar-refractivity contribution in [2.24, 2.45) is 0 Å². The van der Waals surface area contributed by atoms with Crippen LogP contribution in [0.25, 0.3) is 0 Å². The third kappa shape index (κ3) is 2.58. The number of amides is 1. The van der Waals surface area contributed by atoms with Crippen LogP contribution in [0.2, 0.25) is 0 Å². The van der Waals surface area contributed by atoms with Gasteiger partial charge in [-0.15, -0.1) is 0 Å². The zero-order chi connectivity index (χ0) is 15.6. The molecule has 112 valence electrons. The molecule has 1 heterocycles. The number of anilines is 1. The summed E-state index contributed by atoms with van der Waals surface area (Å²) >= 11 is 0. The Balaban J connectivity index is 2.43. The fraction of sp³-hybridized carbons (Fsp3) is 0.467. The molecule has 1 amide bonds. The topological polar surface area (TPSA) is 65.8 Å². The molecule has 0 saturated heterocycles. The fourth-order valence-electron chi connectivity index (χ4n) is 2.55. The second-order valence-corrected chi connectivity index (χ2v) is 5.03. The van der Waals surface area contributed by atoms with E-state index in [1.165, 1.54) is 19.1 Å². The summed E-state index contributed by atoms with van der Waals surface area (Å²) in [5.74, 6) is -0.167. The Hall–Kier alpha value is -2.10. The molecule has 0 spiro atoms. The van der Waals surface area contributed by atoms with Crippen LogP contribution in [-0.4, -0.2) is 52.0 Å². The van der Waals surface area contributed by atoms with E-state index in [-0.39, 0.29) is 12.5 Å². The number of carbonyl (C=O) groups excluding carboxylic acids is 1. The molecule has 2 rings (SSSR count). The normalized spacial score (nSPS) is 17.0. The average Bonchev–Trinajstić information content (AvgIpc) is 2.76. The van der Waals surface area contributed by atoms with Crippen molar-refractivity contribution in [3.63, 3.8) is 0 Å². The Morgan fingerprint density at radius 2 is 2.05 bits per heavy atom. The number of rotatable bonds is 5. The highest BCUT2D eigenvalue weighted by Gasteiger charge is 2.40. The minimum atomic E-state index is -0.611. The van der Waals surface area contributed by atoms with E-state index >= 15 is 0 Å². The molecule has 21 heavy (non-hydrogen) atoms. The van der Waals surface area contributed by atoms with E-state index in [0.717, 1.165) is 11.3 Å². The third-order valence-electron chi connectivity index (χ3n) is 3.63. The Morgan fingerprint density at radius 1 is 1.38 bits per heavy atom. The monoisotopic (exact) mass is 289 g/mol. The van der Waals surface area contributed by atoms with Crippen LogP contribution in [0.1, 0.15) is 22.0 Å². The van der Waals surface area contributed by atoms with Gasteiger partial charge in [-0.1, -0.05) is 12.1 Å². The molecule has 0 aliphatic carbocycles. The van der Waals surface area contributed by atoms with Crippen molar-refractivity contribution in [1.82, 2.24) is 4.90 Å². The smallest absolute Gasteiger partial charge is 0.257 e. The Kier molecular flexibility index (Phi) is 4.46. The minimum Gasteiger partial charge on any atom is -0.377 e. The molecule has 0 radical (unpaired) electrons. The highest BCUT2D eigenvalue weighted by molar-refractivity contribution is 6.04. The lowest BCUT2D eigenvalue weighted by atomic mass is 10.0. The quantitative estimate of drug-likeness (QED) is 0.766. The van der Waals surface area contributed by atoms with Gasteiger partial charge in [0.2, 0.25) is 0 Å². The fourth-order valence-corrected chi connectivity index (χ4v) is 2.55. The molecule has 0 bridgehead atoms. The summed E-state index contributed by atoms with van der Waals surface area (Å²) in [6, 6.07) is 7.14. The van der Waals surface area contributed by atoms with E-state index in [0.29, 0.717) is 5.56 Å². The van der Waals surface area contributed by atoms with Crippen LogP contribution in [0, 0.1) is 11.3 Å². The summed E-state index contributed by atoms with van der Waals surface area (Å²) in [6.07, 6.45) is -0.554. The number of hydrogen-bond acceptors (Lipinski definition) is 5. The van der Waals surface area contributed by atoms with Crippen LogP contribution in [0.4, 0.5) is 5.69 Å². The van der Waals surface area contributed by atoms with Crippen molar-refractivity contribution in [3.05, 3.63) is 29.3 Å². The molecule has 6 nitrogen and oxygen atoms in total. The molecule has 1 aromatic rings. The highest BCUT2D eigenvalue weighted by Crippen LogP contribution is 2.38. The van der Waals surface area contributed by atoms with Gasteiger partial charge in [-0.3, -0.25) is 4.79 Å². The number of carbonyl (C=O) groups is 1. The zero-order valence-electron chi connectivity index (χ0n) is 12.7. The van der Waals surface area contributed by atoms with Gasteiger partial charge in [0.1, 0.15) is 6.04 Å². The van der Waals surface area contributed by atoms with Crippen molar-refractivity contribution in [1.29, 1.82) is 5.26 Å². The summed E-state index contributed by atoms with van der Waals surface area (Å²) in [4.78, 5) is 16.1. The number of nitrogens with zero attached hydrogens (tertiary/aromatic N) is 3. The van der Waals surface area contributed by atoms with Gasteiger partial charge in [0.15, 0.2) is 6.29 Å². The van der Waals surface area contributed by atoms with Crippen LogP contribution in [-0.2, 0) is 9.47 Å². The van der Waals surface area contributed by atoms with Crippen LogP contribution < -0.4 is 4.90 Å². The number of ether oxygens (including phenoxy) is 2. The first-order valence-corrected chi connectivity index (χ1v) is 6.61. The van der Waals surface area contributed by atoms with Gasteiger partial charge >= 0.3 is 0 Å². The largest absolute Gasteiger partial charge is 0.377 e. The molecule has 1 unspecified atom stereocenters. The van der Waals surface area contributed by atoms with Gasteiger partial charge < -0.3 is 19.3 Å². The first-order chi connectivity index (χ1) is 10.0. The number of hydrogen-bond donors (Lipinski definition) is 0. The molecule has 0 aromatic heterocycles. The minimum absolute atomic E-state index is 0.167. The van der Waals surface area contributed by atoms with Crippen LogP contribution >= 0.6 is 0 Å². The molecule has 0 fully saturated rings. The summed E-state index contributed by atoms with van der Waals surface area (Å²) in [5, 5.41) is 9.45. The van der Waals surface area contributed by atoms with E-state index in [1.807, 2.05) is 37.2 Å². The summed E-state index contributed by atoms with van der Waals surface area (Å²) < 4.78 is 10.3. The Morgan fingerprint density at radius 3 is 2.57 bits per heavy atom. The van der Waals surface area contributed by atoms with Gasteiger partial charge in [-0.25, -0.2) is 0 Å². The van der Waals surface area contributed by atoms with Crippen molar-refractivity contribution in [2.45, 2.75) is 12.3 Å². The second kappa shape index (κ2) is 6.12. The Labute approximate surface area is 124 Å². The molecule has 6 heteroatoms. The predicted octanol–water partition coefficient (Wildman–Crippen LogP) is 1.39. The van der Waals surface area contributed by atoms with Crippen molar-refractivity contribution in [2.75, 3.05) is 39.8 Å². The van der Waals surface area contributed by atoms with Crippen LogP contribution in [0.15, 0.2) is 18.2 Å². The third-order valence-corrected chi connectivity index (χ3v) is 3.63. The molecule has 1 atom stereocenters. The lowest BCUT2D eigenvalue weighted by Gasteiger charge is -2.24. The standard InChI is InChI=1S/C15H19N3O3/c1-17(2)11-7-5-6-10-12(8-16)18(15(19)14(10)11)9-13(20-3)21-4/h5-7,12-13H,9H2,1-4H3. The average molecular weight is 289 g/mol. The van der Waals surface area contributed by atoms with Gasteiger partial charge in [0.05, 0.1) is 18.2 Å². The molecule has 1 aromatic carbocycles. The number of benzene rings is 1. The molecule has 0 saturated carbocycles. The molecule has 1 aliphatic rings. The lowest BCUT2D eigenvalue weighted by Crippen LogP contribution is -2.37. The summed E-state index contributed by atoms with van der Waals surface area (Å²) in [7, 11) is 6.77. The molecular weight excluding hydrogens is 270 g/mol. The Bertz CT molecular complexity index is 576. The molecule has 1 aliphatic heterocycles. The van der Waals surface area contributed by atoms with Gasteiger partial charge in [-0.2, -0.15) is 5.26 Å². The first kappa shape index (κ1) is 15.3. The predicted molar refractivity (Wildman–Crippen MR) is 78.0 cm³/mol. The van der Waals surface area contributed by atoms with Gasteiger partial charge in [-0.05, 0) is 6.07 Å². The van der Waals surface area contributed by atoms with Crippen molar-refractivity contribution < 1.29 is 14.3 Å². The van der Waals surface area contributed by atoms with Gasteiger partial charge in [0.25, 0.3) is 5.91 Å². The number of methoxy groups -OCH3 is 2.